The Balaban J connectivity index is 3.40. The van der Waals surface area contributed by atoms with Gasteiger partial charge in [0, 0.05) is 13.2 Å². The van der Waals surface area contributed by atoms with Crippen molar-refractivity contribution in [3.8, 4) is 0 Å². The lowest BCUT2D eigenvalue weighted by atomic mass is 9.99. The van der Waals surface area contributed by atoms with Crippen LogP contribution in [0.5, 0.6) is 0 Å². The first-order valence-corrected chi connectivity index (χ1v) is 6.41. The number of aliphatic hydroxyl groups is 1. The highest BCUT2D eigenvalue weighted by Crippen LogP contribution is 2.13. The monoisotopic (exact) mass is 231 g/mol. The van der Waals surface area contributed by atoms with Crippen molar-refractivity contribution in [1.29, 1.82) is 0 Å². The van der Waals surface area contributed by atoms with Crippen LogP contribution in [0.2, 0.25) is 0 Å². The molecule has 0 aliphatic carbocycles. The van der Waals surface area contributed by atoms with E-state index < -0.39 is 5.60 Å². The third kappa shape index (κ3) is 9.13. The first kappa shape index (κ1) is 15.9. The molecule has 0 aliphatic heterocycles. The highest BCUT2D eigenvalue weighted by atomic mass is 16.5. The zero-order valence-electron chi connectivity index (χ0n) is 11.3. The fourth-order valence-corrected chi connectivity index (χ4v) is 1.73. The van der Waals surface area contributed by atoms with Crippen molar-refractivity contribution in [2.75, 3.05) is 13.2 Å². The molecular weight excluding hydrogens is 202 g/mol. The van der Waals surface area contributed by atoms with Crippen LogP contribution in [0.15, 0.2) is 0 Å². The molecule has 0 bridgehead atoms. The second-order valence-corrected chi connectivity index (χ2v) is 5.47. The van der Waals surface area contributed by atoms with Gasteiger partial charge in [0.2, 0.25) is 0 Å². The lowest BCUT2D eigenvalue weighted by Gasteiger charge is -2.21. The maximum Gasteiger partial charge on any atom is 0.0741 e. The van der Waals surface area contributed by atoms with E-state index in [4.69, 9.17) is 10.5 Å². The third-order valence-corrected chi connectivity index (χ3v) is 2.76. The maximum atomic E-state index is 9.68. The van der Waals surface area contributed by atoms with Crippen LogP contribution in [0.3, 0.4) is 0 Å². The molecule has 0 heterocycles. The number of nitrogens with two attached hydrogens (primary N) is 1. The van der Waals surface area contributed by atoms with E-state index in [2.05, 4.69) is 20.8 Å². The lowest BCUT2D eigenvalue weighted by Crippen LogP contribution is -2.33. The number of unbranched alkanes of at least 4 members (excludes halogenated alkanes) is 1. The topological polar surface area (TPSA) is 55.5 Å². The molecule has 0 saturated heterocycles. The standard InChI is InChI=1S/C13H29NO2/c1-11(2)9-12(3)16-8-6-5-7-13(4,15)10-14/h11-12,15H,5-10,14H2,1-4H3. The molecule has 2 atom stereocenters. The summed E-state index contributed by atoms with van der Waals surface area (Å²) in [5.41, 5.74) is 4.74. The Morgan fingerprint density at radius 1 is 1.25 bits per heavy atom. The molecule has 0 aliphatic rings. The summed E-state index contributed by atoms with van der Waals surface area (Å²) in [5, 5.41) is 9.68. The lowest BCUT2D eigenvalue weighted by molar-refractivity contribution is 0.0360. The molecule has 0 saturated carbocycles. The third-order valence-electron chi connectivity index (χ3n) is 2.76. The summed E-state index contributed by atoms with van der Waals surface area (Å²) in [4.78, 5) is 0. The molecule has 2 unspecified atom stereocenters. The Hall–Kier alpha value is -0.120. The fourth-order valence-electron chi connectivity index (χ4n) is 1.73. The van der Waals surface area contributed by atoms with Crippen molar-refractivity contribution in [2.45, 2.75) is 65.1 Å². The van der Waals surface area contributed by atoms with Crippen LogP contribution in [0, 0.1) is 5.92 Å². The van der Waals surface area contributed by atoms with Gasteiger partial charge in [-0.1, -0.05) is 13.8 Å². The van der Waals surface area contributed by atoms with Gasteiger partial charge in [0.05, 0.1) is 11.7 Å². The number of hydrogen-bond acceptors (Lipinski definition) is 3. The first-order chi connectivity index (χ1) is 7.37. The van der Waals surface area contributed by atoms with Gasteiger partial charge in [-0.05, 0) is 45.4 Å². The average molecular weight is 231 g/mol. The second-order valence-electron chi connectivity index (χ2n) is 5.47. The van der Waals surface area contributed by atoms with Crippen molar-refractivity contribution in [1.82, 2.24) is 0 Å². The van der Waals surface area contributed by atoms with E-state index in [1.165, 1.54) is 0 Å². The van der Waals surface area contributed by atoms with Gasteiger partial charge in [0.25, 0.3) is 0 Å². The second kappa shape index (κ2) is 8.04. The quantitative estimate of drug-likeness (QED) is 0.599. The van der Waals surface area contributed by atoms with Crippen molar-refractivity contribution in [3.05, 3.63) is 0 Å². The van der Waals surface area contributed by atoms with Gasteiger partial charge in [-0.2, -0.15) is 0 Å². The number of rotatable bonds is 9. The van der Waals surface area contributed by atoms with Crippen molar-refractivity contribution >= 4 is 0 Å². The van der Waals surface area contributed by atoms with Crippen LogP contribution in [-0.4, -0.2) is 30.0 Å². The summed E-state index contributed by atoms with van der Waals surface area (Å²) in [6.45, 7) is 9.44. The molecule has 98 valence electrons. The fraction of sp³-hybridized carbons (Fsp3) is 1.00. The molecule has 0 fully saturated rings. The maximum absolute atomic E-state index is 9.68. The summed E-state index contributed by atoms with van der Waals surface area (Å²) < 4.78 is 5.69. The minimum absolute atomic E-state index is 0.331. The Labute approximate surface area is 100 Å². The Bertz CT molecular complexity index is 169. The molecule has 0 spiro atoms. The molecule has 0 radical (unpaired) electrons. The summed E-state index contributed by atoms with van der Waals surface area (Å²) in [6.07, 6.45) is 4.18. The van der Waals surface area contributed by atoms with Crippen LogP contribution in [0.1, 0.15) is 53.4 Å². The Kier molecular flexibility index (Phi) is 7.98. The van der Waals surface area contributed by atoms with Gasteiger partial charge < -0.3 is 15.6 Å². The zero-order valence-corrected chi connectivity index (χ0v) is 11.3. The van der Waals surface area contributed by atoms with E-state index >= 15 is 0 Å². The van der Waals surface area contributed by atoms with Crippen molar-refractivity contribution in [2.24, 2.45) is 11.7 Å². The van der Waals surface area contributed by atoms with Crippen molar-refractivity contribution in [3.63, 3.8) is 0 Å². The molecule has 3 heteroatoms. The highest BCUT2D eigenvalue weighted by molar-refractivity contribution is 4.72. The number of ether oxygens (including phenoxy) is 1. The van der Waals surface area contributed by atoms with Gasteiger partial charge in [0.1, 0.15) is 0 Å². The highest BCUT2D eigenvalue weighted by Gasteiger charge is 2.16. The summed E-state index contributed by atoms with van der Waals surface area (Å²) in [6, 6.07) is 0. The molecule has 3 nitrogen and oxygen atoms in total. The van der Waals surface area contributed by atoms with Crippen LogP contribution in [0.25, 0.3) is 0 Å². The number of hydrogen-bond donors (Lipinski definition) is 2. The van der Waals surface area contributed by atoms with E-state index in [0.29, 0.717) is 18.6 Å². The van der Waals surface area contributed by atoms with Gasteiger partial charge in [-0.15, -0.1) is 0 Å². The SMILES string of the molecule is CC(C)CC(C)OCCCCC(C)(O)CN. The minimum Gasteiger partial charge on any atom is -0.389 e. The van der Waals surface area contributed by atoms with E-state index in [9.17, 15) is 5.11 Å². The molecule has 16 heavy (non-hydrogen) atoms. The predicted octanol–water partition coefficient (Wildman–Crippen LogP) is 2.32. The van der Waals surface area contributed by atoms with Crippen LogP contribution in [-0.2, 0) is 4.74 Å². The van der Waals surface area contributed by atoms with Crippen LogP contribution in [0.4, 0.5) is 0 Å². The largest absolute Gasteiger partial charge is 0.389 e. The summed E-state index contributed by atoms with van der Waals surface area (Å²) in [7, 11) is 0. The van der Waals surface area contributed by atoms with Crippen molar-refractivity contribution < 1.29 is 9.84 Å². The molecule has 3 N–H and O–H groups in total. The molecule has 0 rings (SSSR count). The average Bonchev–Trinajstić information content (AvgIpc) is 2.16. The zero-order chi connectivity index (χ0) is 12.6. The van der Waals surface area contributed by atoms with Gasteiger partial charge in [-0.25, -0.2) is 0 Å². The summed E-state index contributed by atoms with van der Waals surface area (Å²) in [5.74, 6) is 0.688. The molecule has 0 aromatic carbocycles. The van der Waals surface area contributed by atoms with E-state index in [1.807, 2.05) is 0 Å². The Morgan fingerprint density at radius 3 is 2.38 bits per heavy atom. The normalized spacial score (nSPS) is 17.4. The van der Waals surface area contributed by atoms with E-state index in [-0.39, 0.29) is 0 Å². The van der Waals surface area contributed by atoms with Gasteiger partial charge >= 0.3 is 0 Å². The van der Waals surface area contributed by atoms with E-state index in [0.717, 1.165) is 32.3 Å². The van der Waals surface area contributed by atoms with Crippen LogP contribution >= 0.6 is 0 Å². The van der Waals surface area contributed by atoms with Gasteiger partial charge in [-0.3, -0.25) is 0 Å². The molecule has 0 aromatic rings. The predicted molar refractivity (Wildman–Crippen MR) is 68.4 cm³/mol. The Morgan fingerprint density at radius 2 is 1.88 bits per heavy atom. The minimum atomic E-state index is -0.705. The van der Waals surface area contributed by atoms with E-state index in [1.54, 1.807) is 6.92 Å². The van der Waals surface area contributed by atoms with Gasteiger partial charge in [0.15, 0.2) is 0 Å². The molecule has 0 amide bonds. The molecule has 0 aromatic heterocycles. The van der Waals surface area contributed by atoms with Crippen LogP contribution < -0.4 is 5.73 Å². The first-order valence-electron chi connectivity index (χ1n) is 6.41. The smallest absolute Gasteiger partial charge is 0.0741 e. The molecular formula is C13H29NO2. The summed E-state index contributed by atoms with van der Waals surface area (Å²) >= 11 is 0.